The summed E-state index contributed by atoms with van der Waals surface area (Å²) in [5.41, 5.74) is 0.872. The number of benzene rings is 1. The fourth-order valence-corrected chi connectivity index (χ4v) is 1.90. The van der Waals surface area contributed by atoms with Crippen LogP contribution < -0.4 is 4.74 Å². The molecule has 80 valence electrons. The monoisotopic (exact) mass is 205 g/mol. The lowest BCUT2D eigenvalue weighted by Crippen LogP contribution is -2.10. The standard InChI is InChI=1S/C12H15NO2/c14-13-9-10-5-7-12(8-6-10)15-11-3-1-2-4-11/h5-9,11,14H,1-4H2/b13-9+. The van der Waals surface area contributed by atoms with Crippen LogP contribution >= 0.6 is 0 Å². The van der Waals surface area contributed by atoms with E-state index < -0.39 is 0 Å². The van der Waals surface area contributed by atoms with Crippen LogP contribution in [0, 0.1) is 0 Å². The van der Waals surface area contributed by atoms with Gasteiger partial charge in [0.1, 0.15) is 5.75 Å². The summed E-state index contributed by atoms with van der Waals surface area (Å²) in [5, 5.41) is 11.3. The highest BCUT2D eigenvalue weighted by molar-refractivity contribution is 5.79. The largest absolute Gasteiger partial charge is 0.490 e. The second kappa shape index (κ2) is 4.82. The summed E-state index contributed by atoms with van der Waals surface area (Å²) in [6.07, 6.45) is 6.68. The predicted molar refractivity (Wildman–Crippen MR) is 58.7 cm³/mol. The van der Waals surface area contributed by atoms with Crippen molar-refractivity contribution >= 4 is 6.21 Å². The van der Waals surface area contributed by atoms with E-state index in [0.717, 1.165) is 11.3 Å². The maximum absolute atomic E-state index is 8.36. The average Bonchev–Trinajstić information content (AvgIpc) is 2.74. The van der Waals surface area contributed by atoms with Gasteiger partial charge in [0, 0.05) is 0 Å². The van der Waals surface area contributed by atoms with Gasteiger partial charge in [0.2, 0.25) is 0 Å². The minimum Gasteiger partial charge on any atom is -0.490 e. The highest BCUT2D eigenvalue weighted by Crippen LogP contribution is 2.23. The zero-order valence-corrected chi connectivity index (χ0v) is 8.60. The molecule has 1 saturated carbocycles. The van der Waals surface area contributed by atoms with Crippen LogP contribution in [-0.2, 0) is 0 Å². The van der Waals surface area contributed by atoms with Crippen LogP contribution in [0.4, 0.5) is 0 Å². The van der Waals surface area contributed by atoms with Crippen LogP contribution in [0.3, 0.4) is 0 Å². The van der Waals surface area contributed by atoms with E-state index in [2.05, 4.69) is 5.16 Å². The Morgan fingerprint density at radius 1 is 1.20 bits per heavy atom. The molecule has 3 nitrogen and oxygen atoms in total. The number of ether oxygens (including phenoxy) is 1. The van der Waals surface area contributed by atoms with Crippen molar-refractivity contribution in [1.82, 2.24) is 0 Å². The Kier molecular flexibility index (Phi) is 3.22. The minimum absolute atomic E-state index is 0.391. The summed E-state index contributed by atoms with van der Waals surface area (Å²) < 4.78 is 5.80. The Balaban J connectivity index is 1.97. The number of oxime groups is 1. The lowest BCUT2D eigenvalue weighted by molar-refractivity contribution is 0.210. The van der Waals surface area contributed by atoms with Crippen molar-refractivity contribution < 1.29 is 9.94 Å². The van der Waals surface area contributed by atoms with Gasteiger partial charge in [-0.3, -0.25) is 0 Å². The second-order valence-electron chi connectivity index (χ2n) is 3.84. The summed E-state index contributed by atoms with van der Waals surface area (Å²) in [4.78, 5) is 0. The third-order valence-electron chi connectivity index (χ3n) is 2.69. The lowest BCUT2D eigenvalue weighted by atomic mass is 10.2. The van der Waals surface area contributed by atoms with Crippen molar-refractivity contribution in [1.29, 1.82) is 0 Å². The Labute approximate surface area is 89.4 Å². The fourth-order valence-electron chi connectivity index (χ4n) is 1.90. The van der Waals surface area contributed by atoms with E-state index in [1.165, 1.54) is 31.9 Å². The Hall–Kier alpha value is -1.51. The molecule has 1 aromatic rings. The zero-order valence-electron chi connectivity index (χ0n) is 8.60. The van der Waals surface area contributed by atoms with Crippen molar-refractivity contribution in [3.8, 4) is 5.75 Å². The third kappa shape index (κ3) is 2.72. The van der Waals surface area contributed by atoms with E-state index in [9.17, 15) is 0 Å². The molecule has 0 aliphatic heterocycles. The van der Waals surface area contributed by atoms with E-state index in [-0.39, 0.29) is 0 Å². The smallest absolute Gasteiger partial charge is 0.119 e. The second-order valence-corrected chi connectivity index (χ2v) is 3.84. The quantitative estimate of drug-likeness (QED) is 0.468. The predicted octanol–water partition coefficient (Wildman–Crippen LogP) is 2.82. The number of hydrogen-bond donors (Lipinski definition) is 1. The van der Waals surface area contributed by atoms with Gasteiger partial charge in [-0.1, -0.05) is 5.16 Å². The number of rotatable bonds is 3. The van der Waals surface area contributed by atoms with Crippen molar-refractivity contribution in [2.75, 3.05) is 0 Å². The molecule has 0 bridgehead atoms. The van der Waals surface area contributed by atoms with Gasteiger partial charge in [0.05, 0.1) is 12.3 Å². The highest BCUT2D eigenvalue weighted by atomic mass is 16.5. The normalized spacial score (nSPS) is 17.3. The topological polar surface area (TPSA) is 41.8 Å². The van der Waals surface area contributed by atoms with Crippen LogP contribution in [0.2, 0.25) is 0 Å². The number of hydrogen-bond acceptors (Lipinski definition) is 3. The van der Waals surface area contributed by atoms with Gasteiger partial charge in [0.25, 0.3) is 0 Å². The first-order chi connectivity index (χ1) is 7.38. The van der Waals surface area contributed by atoms with Crippen LogP contribution in [0.15, 0.2) is 29.4 Å². The minimum atomic E-state index is 0.391. The molecule has 1 aliphatic rings. The maximum atomic E-state index is 8.36. The molecule has 2 rings (SSSR count). The molecule has 0 radical (unpaired) electrons. The van der Waals surface area contributed by atoms with Gasteiger partial charge in [-0.15, -0.1) is 0 Å². The molecule has 1 aromatic carbocycles. The van der Waals surface area contributed by atoms with Gasteiger partial charge >= 0.3 is 0 Å². The average molecular weight is 205 g/mol. The molecule has 1 aliphatic carbocycles. The van der Waals surface area contributed by atoms with Gasteiger partial charge in [0.15, 0.2) is 0 Å². The summed E-state index contributed by atoms with van der Waals surface area (Å²) in [6, 6.07) is 7.58. The molecular weight excluding hydrogens is 190 g/mol. The Morgan fingerprint density at radius 2 is 1.87 bits per heavy atom. The Bertz CT molecular complexity index is 326. The molecule has 0 heterocycles. The molecule has 0 spiro atoms. The van der Waals surface area contributed by atoms with Crippen molar-refractivity contribution in [2.45, 2.75) is 31.8 Å². The fraction of sp³-hybridized carbons (Fsp3) is 0.417. The third-order valence-corrected chi connectivity index (χ3v) is 2.69. The molecule has 0 amide bonds. The Morgan fingerprint density at radius 3 is 2.47 bits per heavy atom. The highest BCUT2D eigenvalue weighted by Gasteiger charge is 2.15. The van der Waals surface area contributed by atoms with Crippen LogP contribution in [0.25, 0.3) is 0 Å². The van der Waals surface area contributed by atoms with Crippen molar-refractivity contribution in [3.63, 3.8) is 0 Å². The summed E-state index contributed by atoms with van der Waals surface area (Å²) >= 11 is 0. The molecule has 3 heteroatoms. The van der Waals surface area contributed by atoms with Crippen molar-refractivity contribution in [3.05, 3.63) is 29.8 Å². The zero-order chi connectivity index (χ0) is 10.5. The molecule has 0 atom stereocenters. The van der Waals surface area contributed by atoms with E-state index in [1.54, 1.807) is 0 Å². The van der Waals surface area contributed by atoms with Gasteiger partial charge in [-0.2, -0.15) is 0 Å². The SMILES string of the molecule is O/N=C/c1ccc(OC2CCCC2)cc1. The van der Waals surface area contributed by atoms with Crippen molar-refractivity contribution in [2.24, 2.45) is 5.16 Å². The molecule has 0 unspecified atom stereocenters. The first-order valence-corrected chi connectivity index (χ1v) is 5.32. The van der Waals surface area contributed by atoms with Gasteiger partial charge < -0.3 is 9.94 Å². The molecule has 0 aromatic heterocycles. The van der Waals surface area contributed by atoms with E-state index in [0.29, 0.717) is 6.10 Å². The summed E-state index contributed by atoms with van der Waals surface area (Å²) in [6.45, 7) is 0. The van der Waals surface area contributed by atoms with Gasteiger partial charge in [-0.05, 0) is 55.5 Å². The molecule has 0 saturated heterocycles. The van der Waals surface area contributed by atoms with Crippen LogP contribution in [0.5, 0.6) is 5.75 Å². The molecule has 1 fully saturated rings. The molecule has 1 N–H and O–H groups in total. The number of nitrogens with zero attached hydrogens (tertiary/aromatic N) is 1. The van der Waals surface area contributed by atoms with E-state index in [1.807, 2.05) is 24.3 Å². The lowest BCUT2D eigenvalue weighted by Gasteiger charge is -2.12. The summed E-state index contributed by atoms with van der Waals surface area (Å²) in [7, 11) is 0. The first-order valence-electron chi connectivity index (χ1n) is 5.32. The maximum Gasteiger partial charge on any atom is 0.119 e. The molecule has 15 heavy (non-hydrogen) atoms. The van der Waals surface area contributed by atoms with Crippen LogP contribution in [0.1, 0.15) is 31.2 Å². The molecular formula is C12H15NO2. The van der Waals surface area contributed by atoms with Gasteiger partial charge in [-0.25, -0.2) is 0 Å². The van der Waals surface area contributed by atoms with E-state index in [4.69, 9.17) is 9.94 Å². The van der Waals surface area contributed by atoms with Crippen LogP contribution in [-0.4, -0.2) is 17.5 Å². The first kappa shape index (κ1) is 10.0. The summed E-state index contributed by atoms with van der Waals surface area (Å²) in [5.74, 6) is 0.900. The van der Waals surface area contributed by atoms with E-state index >= 15 is 0 Å².